The number of rotatable bonds is 2. The number of likely N-dealkylation sites (tertiary alicyclic amines) is 1. The van der Waals surface area contributed by atoms with Crippen molar-refractivity contribution in [1.82, 2.24) is 4.90 Å². The fraction of sp³-hybridized carbons (Fsp3) is 0.667. The van der Waals surface area contributed by atoms with Gasteiger partial charge in [-0.3, -0.25) is 0 Å². The first kappa shape index (κ1) is 18.1. The van der Waals surface area contributed by atoms with E-state index < -0.39 is 5.60 Å². The third-order valence-electron chi connectivity index (χ3n) is 5.52. The molecule has 0 spiro atoms. The minimum atomic E-state index is -0.429. The molecule has 0 radical (unpaired) electrons. The molecule has 4 heteroatoms. The Hall–Kier alpha value is -1.71. The third kappa shape index (κ3) is 4.47. The second-order valence-corrected chi connectivity index (χ2v) is 8.61. The Labute approximate surface area is 151 Å². The Bertz CT molecular complexity index is 607. The van der Waals surface area contributed by atoms with Gasteiger partial charge in [-0.05, 0) is 75.5 Å². The average molecular weight is 344 g/mol. The number of amides is 1. The molecule has 1 aliphatic heterocycles. The van der Waals surface area contributed by atoms with Crippen molar-refractivity contribution in [3.8, 4) is 0 Å². The molecule has 25 heavy (non-hydrogen) atoms. The SMILES string of the molecule is CC(C)(C)OC(=O)N1CCC(c2ccc(N)c(C3CCCC3)c2)CC1. The number of hydrogen-bond acceptors (Lipinski definition) is 3. The van der Waals surface area contributed by atoms with Crippen LogP contribution < -0.4 is 5.73 Å². The van der Waals surface area contributed by atoms with Crippen molar-refractivity contribution in [1.29, 1.82) is 0 Å². The Morgan fingerprint density at radius 2 is 1.72 bits per heavy atom. The van der Waals surface area contributed by atoms with Crippen LogP contribution in [0.5, 0.6) is 0 Å². The number of benzene rings is 1. The quantitative estimate of drug-likeness (QED) is 0.765. The van der Waals surface area contributed by atoms with Gasteiger partial charge in [0.15, 0.2) is 0 Å². The summed E-state index contributed by atoms with van der Waals surface area (Å²) < 4.78 is 5.49. The molecule has 0 atom stereocenters. The van der Waals surface area contributed by atoms with Gasteiger partial charge in [0.05, 0.1) is 0 Å². The lowest BCUT2D eigenvalue weighted by Crippen LogP contribution is -2.41. The number of nitrogen functional groups attached to an aromatic ring is 1. The van der Waals surface area contributed by atoms with Crippen LogP contribution in [0.2, 0.25) is 0 Å². The van der Waals surface area contributed by atoms with E-state index in [0.29, 0.717) is 11.8 Å². The molecule has 138 valence electrons. The maximum absolute atomic E-state index is 12.2. The molecule has 1 amide bonds. The van der Waals surface area contributed by atoms with Crippen molar-refractivity contribution in [2.24, 2.45) is 0 Å². The lowest BCUT2D eigenvalue weighted by molar-refractivity contribution is 0.0205. The summed E-state index contributed by atoms with van der Waals surface area (Å²) in [6.45, 7) is 7.27. The van der Waals surface area contributed by atoms with Crippen LogP contribution in [0.4, 0.5) is 10.5 Å². The van der Waals surface area contributed by atoms with Crippen LogP contribution in [0, 0.1) is 0 Å². The Morgan fingerprint density at radius 3 is 2.32 bits per heavy atom. The average Bonchev–Trinajstić information content (AvgIpc) is 3.08. The van der Waals surface area contributed by atoms with E-state index in [0.717, 1.165) is 31.6 Å². The summed E-state index contributed by atoms with van der Waals surface area (Å²) in [5, 5.41) is 0. The third-order valence-corrected chi connectivity index (χ3v) is 5.52. The topological polar surface area (TPSA) is 55.6 Å². The molecule has 1 saturated heterocycles. The van der Waals surface area contributed by atoms with Gasteiger partial charge in [-0.2, -0.15) is 0 Å². The molecule has 0 unspecified atom stereocenters. The summed E-state index contributed by atoms with van der Waals surface area (Å²) in [5.41, 5.74) is 9.51. The molecule has 1 aromatic rings. The highest BCUT2D eigenvalue weighted by Gasteiger charge is 2.28. The molecule has 0 aromatic heterocycles. The second-order valence-electron chi connectivity index (χ2n) is 8.61. The number of nitrogens with zero attached hydrogens (tertiary/aromatic N) is 1. The van der Waals surface area contributed by atoms with Gasteiger partial charge >= 0.3 is 6.09 Å². The molecule has 1 aliphatic carbocycles. The zero-order valence-electron chi connectivity index (χ0n) is 15.9. The summed E-state index contributed by atoms with van der Waals surface area (Å²) in [5.74, 6) is 1.15. The Kier molecular flexibility index (Phi) is 5.26. The van der Waals surface area contributed by atoms with Gasteiger partial charge in [0.1, 0.15) is 5.60 Å². The first-order valence-corrected chi connectivity index (χ1v) is 9.71. The largest absolute Gasteiger partial charge is 0.444 e. The number of carbonyl (C=O) groups excluding carboxylic acids is 1. The zero-order chi connectivity index (χ0) is 18.0. The lowest BCUT2D eigenvalue weighted by atomic mass is 9.86. The summed E-state index contributed by atoms with van der Waals surface area (Å²) in [6.07, 6.45) is 6.98. The van der Waals surface area contributed by atoms with Crippen molar-refractivity contribution in [3.05, 3.63) is 29.3 Å². The molecular formula is C21H32N2O2. The highest BCUT2D eigenvalue weighted by Crippen LogP contribution is 2.39. The van der Waals surface area contributed by atoms with E-state index in [9.17, 15) is 4.79 Å². The lowest BCUT2D eigenvalue weighted by Gasteiger charge is -2.34. The number of anilines is 1. The standard InChI is InChI=1S/C21H32N2O2/c1-21(2,3)25-20(24)23-12-10-15(11-13-23)17-8-9-19(22)18(14-17)16-6-4-5-7-16/h8-9,14-16H,4-7,10-13,22H2,1-3H3. The fourth-order valence-electron chi connectivity index (χ4n) is 4.16. The predicted molar refractivity (Wildman–Crippen MR) is 102 cm³/mol. The number of ether oxygens (including phenoxy) is 1. The van der Waals surface area contributed by atoms with Crippen LogP contribution in [0.3, 0.4) is 0 Å². The van der Waals surface area contributed by atoms with E-state index in [1.54, 1.807) is 0 Å². The van der Waals surface area contributed by atoms with E-state index in [1.807, 2.05) is 25.7 Å². The molecule has 0 bridgehead atoms. The summed E-state index contributed by atoms with van der Waals surface area (Å²) >= 11 is 0. The minimum Gasteiger partial charge on any atom is -0.444 e. The molecule has 1 saturated carbocycles. The predicted octanol–water partition coefficient (Wildman–Crippen LogP) is 5.04. The highest BCUT2D eigenvalue weighted by atomic mass is 16.6. The maximum Gasteiger partial charge on any atom is 0.410 e. The summed E-state index contributed by atoms with van der Waals surface area (Å²) in [7, 11) is 0. The van der Waals surface area contributed by atoms with E-state index in [2.05, 4.69) is 18.2 Å². The molecule has 1 heterocycles. The van der Waals surface area contributed by atoms with E-state index in [-0.39, 0.29) is 6.09 Å². The van der Waals surface area contributed by atoms with Gasteiger partial charge in [0.2, 0.25) is 0 Å². The number of nitrogens with two attached hydrogens (primary N) is 1. The maximum atomic E-state index is 12.2. The van der Waals surface area contributed by atoms with Crippen molar-refractivity contribution in [2.45, 2.75) is 76.7 Å². The molecule has 1 aromatic carbocycles. The van der Waals surface area contributed by atoms with Gasteiger partial charge in [0.25, 0.3) is 0 Å². The second kappa shape index (κ2) is 7.27. The van der Waals surface area contributed by atoms with Crippen LogP contribution in [-0.4, -0.2) is 29.7 Å². The highest BCUT2D eigenvalue weighted by molar-refractivity contribution is 5.68. The van der Waals surface area contributed by atoms with Gasteiger partial charge in [0, 0.05) is 18.8 Å². The molecule has 2 aliphatic rings. The zero-order valence-corrected chi connectivity index (χ0v) is 15.9. The Morgan fingerprint density at radius 1 is 1.08 bits per heavy atom. The first-order valence-electron chi connectivity index (χ1n) is 9.71. The van der Waals surface area contributed by atoms with Crippen LogP contribution in [-0.2, 0) is 4.74 Å². The first-order chi connectivity index (χ1) is 11.8. The van der Waals surface area contributed by atoms with Crippen LogP contribution >= 0.6 is 0 Å². The number of hydrogen-bond donors (Lipinski definition) is 1. The number of piperidine rings is 1. The minimum absolute atomic E-state index is 0.185. The van der Waals surface area contributed by atoms with Crippen molar-refractivity contribution >= 4 is 11.8 Å². The molecular weight excluding hydrogens is 312 g/mol. The monoisotopic (exact) mass is 344 g/mol. The Balaban J connectivity index is 1.63. The van der Waals surface area contributed by atoms with Crippen molar-refractivity contribution in [3.63, 3.8) is 0 Å². The van der Waals surface area contributed by atoms with E-state index in [1.165, 1.54) is 36.8 Å². The van der Waals surface area contributed by atoms with Crippen molar-refractivity contribution in [2.75, 3.05) is 18.8 Å². The summed E-state index contributed by atoms with van der Waals surface area (Å²) in [4.78, 5) is 14.1. The normalized spacial score (nSPS) is 20.0. The molecule has 3 rings (SSSR count). The van der Waals surface area contributed by atoms with Gasteiger partial charge < -0.3 is 15.4 Å². The van der Waals surface area contributed by atoms with Crippen LogP contribution in [0.25, 0.3) is 0 Å². The smallest absolute Gasteiger partial charge is 0.410 e. The van der Waals surface area contributed by atoms with E-state index >= 15 is 0 Å². The summed E-state index contributed by atoms with van der Waals surface area (Å²) in [6, 6.07) is 6.62. The van der Waals surface area contributed by atoms with Crippen molar-refractivity contribution < 1.29 is 9.53 Å². The van der Waals surface area contributed by atoms with Gasteiger partial charge in [-0.15, -0.1) is 0 Å². The van der Waals surface area contributed by atoms with Gasteiger partial charge in [-0.1, -0.05) is 25.0 Å². The van der Waals surface area contributed by atoms with Crippen LogP contribution in [0.1, 0.15) is 82.3 Å². The molecule has 2 fully saturated rings. The fourth-order valence-corrected chi connectivity index (χ4v) is 4.16. The molecule has 2 N–H and O–H groups in total. The number of carbonyl (C=O) groups is 1. The van der Waals surface area contributed by atoms with Crippen LogP contribution in [0.15, 0.2) is 18.2 Å². The van der Waals surface area contributed by atoms with Gasteiger partial charge in [-0.25, -0.2) is 4.79 Å². The molecule has 4 nitrogen and oxygen atoms in total. The van der Waals surface area contributed by atoms with E-state index in [4.69, 9.17) is 10.5 Å².